The second kappa shape index (κ2) is 6.97. The third-order valence-corrected chi connectivity index (χ3v) is 4.93. The van der Waals surface area contributed by atoms with Crippen LogP contribution in [0.2, 0.25) is 0 Å². The van der Waals surface area contributed by atoms with Gasteiger partial charge in [0.15, 0.2) is 5.65 Å². The highest BCUT2D eigenvalue weighted by molar-refractivity contribution is 5.93. The minimum absolute atomic E-state index is 0.0412. The van der Waals surface area contributed by atoms with Crippen molar-refractivity contribution in [3.8, 4) is 11.1 Å². The lowest BCUT2D eigenvalue weighted by molar-refractivity contribution is -0.117. The number of nitrogens with one attached hydrogen (secondary N) is 1. The van der Waals surface area contributed by atoms with E-state index in [1.54, 1.807) is 39.9 Å². The van der Waals surface area contributed by atoms with Crippen LogP contribution in [-0.4, -0.2) is 30.1 Å². The van der Waals surface area contributed by atoms with Gasteiger partial charge in [-0.3, -0.25) is 19.9 Å². The highest BCUT2D eigenvalue weighted by atomic mass is 16.2. The van der Waals surface area contributed by atoms with Crippen LogP contribution in [0.15, 0.2) is 66.0 Å². The Bertz CT molecular complexity index is 1260. The van der Waals surface area contributed by atoms with Crippen molar-refractivity contribution in [1.29, 1.82) is 0 Å². The van der Waals surface area contributed by atoms with Crippen LogP contribution in [0.3, 0.4) is 0 Å². The third-order valence-electron chi connectivity index (χ3n) is 4.93. The van der Waals surface area contributed by atoms with E-state index in [1.165, 1.54) is 0 Å². The molecule has 0 atom stereocenters. The molecule has 1 amide bonds. The number of aromatic nitrogens is 5. The van der Waals surface area contributed by atoms with E-state index in [4.69, 9.17) is 0 Å². The molecule has 0 radical (unpaired) electrons. The Morgan fingerprint density at radius 1 is 1.17 bits per heavy atom. The molecule has 8 nitrogen and oxygen atoms in total. The Morgan fingerprint density at radius 3 is 2.83 bits per heavy atom. The molecule has 1 aliphatic carbocycles. The van der Waals surface area contributed by atoms with Crippen LogP contribution < -0.4 is 10.9 Å². The smallest absolute Gasteiger partial charge is 0.251 e. The first kappa shape index (κ1) is 17.3. The van der Waals surface area contributed by atoms with E-state index in [9.17, 15) is 9.59 Å². The predicted octanol–water partition coefficient (Wildman–Crippen LogP) is 2.35. The zero-order valence-electron chi connectivity index (χ0n) is 15.5. The monoisotopic (exact) mass is 386 g/mol. The average Bonchev–Trinajstić information content (AvgIpc) is 3.50. The van der Waals surface area contributed by atoms with Crippen molar-refractivity contribution in [2.45, 2.75) is 19.4 Å². The fourth-order valence-corrected chi connectivity index (χ4v) is 3.24. The number of rotatable bonds is 5. The summed E-state index contributed by atoms with van der Waals surface area (Å²) in [5.41, 5.74) is 2.95. The van der Waals surface area contributed by atoms with Gasteiger partial charge in [0.05, 0.1) is 6.54 Å². The molecule has 29 heavy (non-hydrogen) atoms. The van der Waals surface area contributed by atoms with Gasteiger partial charge >= 0.3 is 0 Å². The van der Waals surface area contributed by atoms with Crippen molar-refractivity contribution in [2.24, 2.45) is 5.92 Å². The van der Waals surface area contributed by atoms with E-state index in [2.05, 4.69) is 20.4 Å². The van der Waals surface area contributed by atoms with Crippen molar-refractivity contribution in [3.63, 3.8) is 0 Å². The van der Waals surface area contributed by atoms with Gasteiger partial charge in [-0.2, -0.15) is 4.98 Å². The summed E-state index contributed by atoms with van der Waals surface area (Å²) in [6.45, 7) is 0.458. The molecule has 144 valence electrons. The molecule has 8 heteroatoms. The molecule has 0 bridgehead atoms. The number of hydrogen-bond acceptors (Lipinski definition) is 5. The largest absolute Gasteiger partial charge is 0.311 e. The van der Waals surface area contributed by atoms with Crippen LogP contribution in [0.1, 0.15) is 18.4 Å². The van der Waals surface area contributed by atoms with Gasteiger partial charge in [-0.15, -0.1) is 5.10 Å². The minimum atomic E-state index is -0.116. The molecule has 1 fully saturated rings. The van der Waals surface area contributed by atoms with Gasteiger partial charge in [-0.05, 0) is 48.2 Å². The van der Waals surface area contributed by atoms with Gasteiger partial charge in [0.25, 0.3) is 5.56 Å². The zero-order valence-corrected chi connectivity index (χ0v) is 15.5. The van der Waals surface area contributed by atoms with E-state index in [1.807, 2.05) is 30.3 Å². The predicted molar refractivity (Wildman–Crippen MR) is 107 cm³/mol. The van der Waals surface area contributed by atoms with Gasteiger partial charge < -0.3 is 4.57 Å². The first-order chi connectivity index (χ1) is 14.2. The third kappa shape index (κ3) is 3.52. The number of carbonyl (C=O) groups excluding carboxylic acids is 1. The molecule has 4 aromatic heterocycles. The summed E-state index contributed by atoms with van der Waals surface area (Å²) in [7, 11) is 0. The second-order valence-corrected chi connectivity index (χ2v) is 7.13. The highest BCUT2D eigenvalue weighted by Crippen LogP contribution is 2.30. The van der Waals surface area contributed by atoms with Crippen LogP contribution in [0.25, 0.3) is 16.8 Å². The number of hydrogen-bond donors (Lipinski definition) is 1. The highest BCUT2D eigenvalue weighted by Gasteiger charge is 2.30. The van der Waals surface area contributed by atoms with Crippen molar-refractivity contribution in [3.05, 3.63) is 77.1 Å². The van der Waals surface area contributed by atoms with Crippen LogP contribution in [0.4, 0.5) is 5.95 Å². The fourth-order valence-electron chi connectivity index (χ4n) is 3.24. The first-order valence-corrected chi connectivity index (χ1v) is 9.43. The quantitative estimate of drug-likeness (QED) is 0.568. The number of anilines is 1. The summed E-state index contributed by atoms with van der Waals surface area (Å²) >= 11 is 0. The lowest BCUT2D eigenvalue weighted by Gasteiger charge is -2.08. The van der Waals surface area contributed by atoms with Gasteiger partial charge in [0.2, 0.25) is 11.9 Å². The number of fused-ring (bicyclic) bond motifs is 1. The maximum atomic E-state index is 12.6. The Labute approximate surface area is 165 Å². The number of amides is 1. The first-order valence-electron chi connectivity index (χ1n) is 9.43. The van der Waals surface area contributed by atoms with Crippen LogP contribution >= 0.6 is 0 Å². The van der Waals surface area contributed by atoms with Crippen LogP contribution in [-0.2, 0) is 11.3 Å². The summed E-state index contributed by atoms with van der Waals surface area (Å²) in [5.74, 6) is 0.313. The van der Waals surface area contributed by atoms with E-state index in [0.29, 0.717) is 12.2 Å². The molecular weight excluding hydrogens is 368 g/mol. The standard InChI is InChI=1S/C21H18N6O2/c28-18-11-16(7-10-26(18)13-14-3-1-8-22-12-14)17-4-2-9-27-19(17)23-21(25-27)24-20(29)15-5-6-15/h1-4,7-12,15H,5-6,13H2,(H,24,25,29). The molecule has 0 aromatic carbocycles. The van der Waals surface area contributed by atoms with Crippen LogP contribution in [0.5, 0.6) is 0 Å². The summed E-state index contributed by atoms with van der Waals surface area (Å²) in [6.07, 6.45) is 8.81. The fraction of sp³-hybridized carbons (Fsp3) is 0.190. The summed E-state index contributed by atoms with van der Waals surface area (Å²) in [5, 5.41) is 7.09. The Hall–Kier alpha value is -3.81. The molecule has 1 saturated carbocycles. The molecule has 5 rings (SSSR count). The molecule has 4 aromatic rings. The summed E-state index contributed by atoms with van der Waals surface area (Å²) in [4.78, 5) is 33.2. The number of nitrogens with zero attached hydrogens (tertiary/aromatic N) is 5. The zero-order chi connectivity index (χ0) is 19.8. The summed E-state index contributed by atoms with van der Waals surface area (Å²) < 4.78 is 3.24. The second-order valence-electron chi connectivity index (χ2n) is 7.13. The number of pyridine rings is 3. The SMILES string of the molecule is O=C(Nc1nc2c(-c3ccn(Cc4cccnc4)c(=O)c3)cccn2n1)C1CC1. The van der Waals surface area contributed by atoms with Crippen LogP contribution in [0, 0.1) is 5.92 Å². The number of carbonyl (C=O) groups is 1. The van der Waals surface area contributed by atoms with E-state index in [-0.39, 0.29) is 23.3 Å². The van der Waals surface area contributed by atoms with E-state index in [0.717, 1.165) is 29.5 Å². The van der Waals surface area contributed by atoms with Gasteiger partial charge in [-0.1, -0.05) is 6.07 Å². The molecule has 0 aliphatic heterocycles. The molecule has 0 saturated heterocycles. The molecule has 0 unspecified atom stereocenters. The average molecular weight is 386 g/mol. The van der Waals surface area contributed by atoms with Gasteiger partial charge in [0, 0.05) is 42.3 Å². The molecular formula is C21H18N6O2. The molecule has 1 N–H and O–H groups in total. The van der Waals surface area contributed by atoms with E-state index >= 15 is 0 Å². The van der Waals surface area contributed by atoms with Crippen molar-refractivity contribution in [2.75, 3.05) is 5.32 Å². The molecule has 0 spiro atoms. The lowest BCUT2D eigenvalue weighted by Crippen LogP contribution is -2.19. The summed E-state index contributed by atoms with van der Waals surface area (Å²) in [6, 6.07) is 11.0. The topological polar surface area (TPSA) is 94.2 Å². The van der Waals surface area contributed by atoms with Crippen molar-refractivity contribution in [1.82, 2.24) is 24.1 Å². The Morgan fingerprint density at radius 2 is 2.07 bits per heavy atom. The van der Waals surface area contributed by atoms with Gasteiger partial charge in [-0.25, -0.2) is 4.52 Å². The van der Waals surface area contributed by atoms with Crippen molar-refractivity contribution >= 4 is 17.5 Å². The maximum absolute atomic E-state index is 12.6. The lowest BCUT2D eigenvalue weighted by atomic mass is 10.1. The molecule has 1 aliphatic rings. The minimum Gasteiger partial charge on any atom is -0.311 e. The Balaban J connectivity index is 1.47. The van der Waals surface area contributed by atoms with Gasteiger partial charge in [0.1, 0.15) is 0 Å². The van der Waals surface area contributed by atoms with E-state index < -0.39 is 0 Å². The molecule has 4 heterocycles. The van der Waals surface area contributed by atoms with Crippen molar-refractivity contribution < 1.29 is 4.79 Å². The Kier molecular flexibility index (Phi) is 4.16. The maximum Gasteiger partial charge on any atom is 0.251 e. The normalized spacial score (nSPS) is 13.5.